The number of carbonyl (C=O) groups is 6. The van der Waals surface area contributed by atoms with Crippen LogP contribution in [0.15, 0.2) is 0 Å². The molecule has 0 aromatic carbocycles. The fourth-order valence-corrected chi connectivity index (χ4v) is 3.12. The summed E-state index contributed by atoms with van der Waals surface area (Å²) in [5.41, 5.74) is 21.6. The molecule has 5 amide bonds. The summed E-state index contributed by atoms with van der Waals surface area (Å²) in [4.78, 5) is 72.2. The fourth-order valence-electron chi connectivity index (χ4n) is 3.12. The minimum atomic E-state index is -1.51. The van der Waals surface area contributed by atoms with Crippen molar-refractivity contribution < 1.29 is 33.9 Å². The molecule has 35 heavy (non-hydrogen) atoms. The second kappa shape index (κ2) is 16.4. The Kier molecular flexibility index (Phi) is 14.9. The Balaban J connectivity index is 5.52. The van der Waals surface area contributed by atoms with Gasteiger partial charge < -0.3 is 44.0 Å². The van der Waals surface area contributed by atoms with Crippen LogP contribution < -0.4 is 38.9 Å². The maximum atomic E-state index is 12.9. The summed E-state index contributed by atoms with van der Waals surface area (Å²) in [6.45, 7) is 3.95. The van der Waals surface area contributed by atoms with Gasteiger partial charge in [0.15, 0.2) is 0 Å². The summed E-state index contributed by atoms with van der Waals surface area (Å²) in [5, 5.41) is 16.4. The third-order valence-corrected chi connectivity index (χ3v) is 4.98. The molecule has 0 heterocycles. The zero-order valence-electron chi connectivity index (χ0n) is 20.2. The van der Waals surface area contributed by atoms with Crippen LogP contribution >= 0.6 is 0 Å². The topological polar surface area (TPSA) is 263 Å². The van der Waals surface area contributed by atoms with E-state index in [9.17, 15) is 33.9 Å². The Morgan fingerprint density at radius 3 is 1.80 bits per heavy atom. The normalized spacial score (nSPS) is 14.3. The number of hydrogen-bond donors (Lipinski definition) is 8. The van der Waals surface area contributed by atoms with Crippen LogP contribution in [0.5, 0.6) is 0 Å². The average molecular weight is 502 g/mol. The van der Waals surface area contributed by atoms with Crippen LogP contribution in [0.2, 0.25) is 0 Å². The first-order chi connectivity index (χ1) is 16.3. The number of primary amides is 2. The van der Waals surface area contributed by atoms with E-state index in [1.54, 1.807) is 13.8 Å². The molecule has 0 rings (SSSR count). The zero-order chi connectivity index (χ0) is 27.1. The second-order valence-electron chi connectivity index (χ2n) is 8.72. The lowest BCUT2D eigenvalue weighted by molar-refractivity contribution is -0.143. The summed E-state index contributed by atoms with van der Waals surface area (Å²) in [6, 6.07) is -5.01. The first kappa shape index (κ1) is 31.7. The highest BCUT2D eigenvalue weighted by molar-refractivity contribution is 5.96. The van der Waals surface area contributed by atoms with Crippen LogP contribution in [-0.4, -0.2) is 71.3 Å². The quantitative estimate of drug-likeness (QED) is 0.0898. The minimum Gasteiger partial charge on any atom is -0.480 e. The molecule has 0 aliphatic heterocycles. The molecule has 4 unspecified atom stereocenters. The highest BCUT2D eigenvalue weighted by atomic mass is 16.4. The van der Waals surface area contributed by atoms with Gasteiger partial charge in [0.05, 0.1) is 12.5 Å². The maximum Gasteiger partial charge on any atom is 0.326 e. The number of amides is 5. The van der Waals surface area contributed by atoms with Crippen molar-refractivity contribution in [3.05, 3.63) is 0 Å². The van der Waals surface area contributed by atoms with E-state index in [4.69, 9.17) is 22.9 Å². The number of carboxylic acids is 1. The largest absolute Gasteiger partial charge is 0.480 e. The number of rotatable bonds is 18. The Hall–Kier alpha value is -3.26. The van der Waals surface area contributed by atoms with E-state index in [0.29, 0.717) is 25.8 Å². The molecule has 0 aromatic heterocycles. The molecule has 14 nitrogen and oxygen atoms in total. The summed E-state index contributed by atoms with van der Waals surface area (Å²) >= 11 is 0. The molecule has 0 saturated carbocycles. The van der Waals surface area contributed by atoms with E-state index in [1.807, 2.05) is 0 Å². The smallest absolute Gasteiger partial charge is 0.326 e. The van der Waals surface area contributed by atoms with Gasteiger partial charge in [-0.1, -0.05) is 20.3 Å². The van der Waals surface area contributed by atoms with Crippen molar-refractivity contribution in [1.82, 2.24) is 16.0 Å². The standard InChI is InChI=1S/C21H39N7O7/c1-11(2)9-15(21(34)35)28-20(33)14(10-17(25)30)27-19(32)13(6-7-16(24)29)26-18(31)12(23)5-3-4-8-22/h11-15H,3-10,22-23H2,1-2H3,(H2,24,29)(H2,25,30)(H,26,31)(H,27,32)(H,28,33)(H,34,35). The Labute approximate surface area is 204 Å². The lowest BCUT2D eigenvalue weighted by Gasteiger charge is -2.25. The number of unbranched alkanes of at least 4 members (excludes halogenated alkanes) is 1. The van der Waals surface area contributed by atoms with Gasteiger partial charge in [-0.25, -0.2) is 4.79 Å². The predicted octanol–water partition coefficient (Wildman–Crippen LogP) is -2.83. The molecule has 0 spiro atoms. The van der Waals surface area contributed by atoms with Crippen molar-refractivity contribution in [3.63, 3.8) is 0 Å². The van der Waals surface area contributed by atoms with Crippen molar-refractivity contribution in [2.45, 2.75) is 83.0 Å². The zero-order valence-corrected chi connectivity index (χ0v) is 20.2. The van der Waals surface area contributed by atoms with Gasteiger partial charge in [0, 0.05) is 6.42 Å². The first-order valence-electron chi connectivity index (χ1n) is 11.4. The van der Waals surface area contributed by atoms with Gasteiger partial charge in [0.1, 0.15) is 18.1 Å². The number of carboxylic acid groups (broad SMARTS) is 1. The summed E-state index contributed by atoms with van der Waals surface area (Å²) < 4.78 is 0. The fraction of sp³-hybridized carbons (Fsp3) is 0.714. The number of carbonyl (C=O) groups excluding carboxylic acids is 5. The SMILES string of the molecule is CC(C)CC(NC(=O)C(CC(N)=O)NC(=O)C(CCC(N)=O)NC(=O)C(N)CCCCN)C(=O)O. The van der Waals surface area contributed by atoms with E-state index >= 15 is 0 Å². The molecule has 14 heteroatoms. The monoisotopic (exact) mass is 501 g/mol. The number of nitrogens with two attached hydrogens (primary N) is 4. The average Bonchev–Trinajstić information content (AvgIpc) is 2.74. The Morgan fingerprint density at radius 2 is 1.31 bits per heavy atom. The molecule has 0 aliphatic rings. The minimum absolute atomic E-state index is 0.0666. The van der Waals surface area contributed by atoms with E-state index in [0.717, 1.165) is 0 Å². The molecule has 0 bridgehead atoms. The van der Waals surface area contributed by atoms with Crippen molar-refractivity contribution in [3.8, 4) is 0 Å². The molecule has 4 atom stereocenters. The van der Waals surface area contributed by atoms with Crippen molar-refractivity contribution in [1.29, 1.82) is 0 Å². The molecular weight excluding hydrogens is 462 g/mol. The van der Waals surface area contributed by atoms with Gasteiger partial charge in [-0.3, -0.25) is 24.0 Å². The van der Waals surface area contributed by atoms with Gasteiger partial charge in [0.25, 0.3) is 0 Å². The third-order valence-electron chi connectivity index (χ3n) is 4.98. The molecule has 0 aromatic rings. The Bertz CT molecular complexity index is 760. The summed E-state index contributed by atoms with van der Waals surface area (Å²) in [7, 11) is 0. The van der Waals surface area contributed by atoms with Crippen molar-refractivity contribution in [2.24, 2.45) is 28.9 Å². The van der Waals surface area contributed by atoms with Crippen molar-refractivity contribution in [2.75, 3.05) is 6.54 Å². The highest BCUT2D eigenvalue weighted by Gasteiger charge is 2.31. The second-order valence-corrected chi connectivity index (χ2v) is 8.72. The van der Waals surface area contributed by atoms with Crippen LogP contribution in [0.3, 0.4) is 0 Å². The first-order valence-corrected chi connectivity index (χ1v) is 11.4. The van der Waals surface area contributed by atoms with Gasteiger partial charge in [-0.05, 0) is 38.1 Å². The molecule has 200 valence electrons. The molecule has 0 saturated heterocycles. The maximum absolute atomic E-state index is 12.9. The van der Waals surface area contributed by atoms with Crippen molar-refractivity contribution >= 4 is 35.5 Å². The number of hydrogen-bond acceptors (Lipinski definition) is 8. The van der Waals surface area contributed by atoms with E-state index in [2.05, 4.69) is 16.0 Å². The molecular formula is C21H39N7O7. The lowest BCUT2D eigenvalue weighted by atomic mass is 10.0. The highest BCUT2D eigenvalue weighted by Crippen LogP contribution is 2.07. The van der Waals surface area contributed by atoms with Gasteiger partial charge in [-0.15, -0.1) is 0 Å². The molecule has 0 fully saturated rings. The van der Waals surface area contributed by atoms with E-state index in [-0.39, 0.29) is 25.2 Å². The molecule has 0 aliphatic carbocycles. The van der Waals surface area contributed by atoms with Gasteiger partial charge in [-0.2, -0.15) is 0 Å². The number of aliphatic carboxylic acids is 1. The van der Waals surface area contributed by atoms with E-state index < -0.39 is 66.1 Å². The van der Waals surface area contributed by atoms with Crippen LogP contribution in [0.1, 0.15) is 58.8 Å². The Morgan fingerprint density at radius 1 is 0.771 bits per heavy atom. The van der Waals surface area contributed by atoms with Crippen LogP contribution in [0, 0.1) is 5.92 Å². The van der Waals surface area contributed by atoms with E-state index in [1.165, 1.54) is 0 Å². The van der Waals surface area contributed by atoms with Crippen LogP contribution in [0.25, 0.3) is 0 Å². The number of nitrogens with one attached hydrogen (secondary N) is 3. The van der Waals surface area contributed by atoms with Crippen LogP contribution in [0.4, 0.5) is 0 Å². The molecule has 12 N–H and O–H groups in total. The predicted molar refractivity (Wildman–Crippen MR) is 126 cm³/mol. The van der Waals surface area contributed by atoms with Gasteiger partial charge >= 0.3 is 5.97 Å². The van der Waals surface area contributed by atoms with Crippen LogP contribution in [-0.2, 0) is 28.8 Å². The lowest BCUT2D eigenvalue weighted by Crippen LogP contribution is -2.58. The van der Waals surface area contributed by atoms with Gasteiger partial charge in [0.2, 0.25) is 29.5 Å². The molecule has 0 radical (unpaired) electrons. The third kappa shape index (κ3) is 13.9. The summed E-state index contributed by atoms with van der Waals surface area (Å²) in [5.74, 6) is -5.51. The summed E-state index contributed by atoms with van der Waals surface area (Å²) in [6.07, 6.45) is 0.585.